The van der Waals surface area contributed by atoms with Crippen LogP contribution in [0.5, 0.6) is 0 Å². The van der Waals surface area contributed by atoms with Crippen molar-refractivity contribution in [3.8, 4) is 0 Å². The molecule has 1 fully saturated rings. The van der Waals surface area contributed by atoms with Gasteiger partial charge in [0.25, 0.3) is 0 Å². The molecule has 1 heterocycles. The second kappa shape index (κ2) is 4.25. The molecule has 2 rings (SSSR count). The van der Waals surface area contributed by atoms with Crippen LogP contribution in [0.3, 0.4) is 0 Å². The number of rotatable bonds is 4. The average Bonchev–Trinajstić information content (AvgIpc) is 2.86. The maximum absolute atomic E-state index is 11.4. The first-order valence-corrected chi connectivity index (χ1v) is 5.24. The summed E-state index contributed by atoms with van der Waals surface area (Å²) in [6.07, 6.45) is 1.06. The van der Waals surface area contributed by atoms with E-state index in [1.54, 1.807) is 7.11 Å². The van der Waals surface area contributed by atoms with E-state index in [2.05, 4.69) is 16.6 Å². The van der Waals surface area contributed by atoms with Crippen molar-refractivity contribution < 1.29 is 18.7 Å². The van der Waals surface area contributed by atoms with E-state index in [1.165, 1.54) is 7.11 Å². The molecule has 1 aliphatic rings. The van der Waals surface area contributed by atoms with E-state index in [0.29, 0.717) is 23.4 Å². The van der Waals surface area contributed by atoms with Crippen molar-refractivity contribution in [3.63, 3.8) is 0 Å². The molecule has 5 nitrogen and oxygen atoms in total. The Balaban J connectivity index is 2.26. The standard InChI is InChI=1S/C11H15NO4/c1-6-4-7(6)10-12-8(5-14-2)9(16-10)11(13)15-3/h6-7H,4-5H2,1-3H3. The van der Waals surface area contributed by atoms with Crippen LogP contribution in [0.4, 0.5) is 0 Å². The highest BCUT2D eigenvalue weighted by Gasteiger charge is 2.39. The largest absolute Gasteiger partial charge is 0.463 e. The lowest BCUT2D eigenvalue weighted by atomic mass is 10.3. The molecule has 1 aromatic heterocycles. The van der Waals surface area contributed by atoms with Crippen LogP contribution in [0.15, 0.2) is 4.42 Å². The fraction of sp³-hybridized carbons (Fsp3) is 0.636. The van der Waals surface area contributed by atoms with E-state index in [1.807, 2.05) is 0 Å². The van der Waals surface area contributed by atoms with E-state index < -0.39 is 5.97 Å². The minimum Gasteiger partial charge on any atom is -0.463 e. The summed E-state index contributed by atoms with van der Waals surface area (Å²) in [7, 11) is 2.87. The quantitative estimate of drug-likeness (QED) is 0.730. The molecule has 0 amide bonds. The highest BCUT2D eigenvalue weighted by molar-refractivity contribution is 5.87. The summed E-state index contributed by atoms with van der Waals surface area (Å²) in [5.74, 6) is 1.21. The lowest BCUT2D eigenvalue weighted by Gasteiger charge is -1.96. The molecule has 0 N–H and O–H groups in total. The van der Waals surface area contributed by atoms with Crippen molar-refractivity contribution in [2.75, 3.05) is 14.2 Å². The Bertz CT molecular complexity index is 399. The number of nitrogens with zero attached hydrogens (tertiary/aromatic N) is 1. The number of ether oxygens (including phenoxy) is 2. The zero-order chi connectivity index (χ0) is 11.7. The summed E-state index contributed by atoms with van der Waals surface area (Å²) >= 11 is 0. The van der Waals surface area contributed by atoms with Crippen LogP contribution in [0, 0.1) is 5.92 Å². The van der Waals surface area contributed by atoms with Gasteiger partial charge in [-0.2, -0.15) is 0 Å². The Labute approximate surface area is 93.7 Å². The maximum atomic E-state index is 11.4. The Kier molecular flexibility index (Phi) is 2.96. The van der Waals surface area contributed by atoms with Gasteiger partial charge in [-0.3, -0.25) is 0 Å². The third kappa shape index (κ3) is 1.95. The van der Waals surface area contributed by atoms with E-state index in [0.717, 1.165) is 6.42 Å². The Morgan fingerprint density at radius 2 is 2.25 bits per heavy atom. The highest BCUT2D eigenvalue weighted by Crippen LogP contribution is 2.46. The number of carbonyl (C=O) groups is 1. The van der Waals surface area contributed by atoms with Gasteiger partial charge in [0, 0.05) is 13.0 Å². The number of oxazole rings is 1. The normalized spacial score (nSPS) is 23.2. The average molecular weight is 225 g/mol. The lowest BCUT2D eigenvalue weighted by molar-refractivity contribution is 0.0556. The minimum absolute atomic E-state index is 0.165. The van der Waals surface area contributed by atoms with Gasteiger partial charge in [0.2, 0.25) is 5.76 Å². The minimum atomic E-state index is -0.501. The fourth-order valence-electron chi connectivity index (χ4n) is 1.68. The predicted octanol–water partition coefficient (Wildman–Crippen LogP) is 1.73. The smallest absolute Gasteiger partial charge is 0.376 e. The molecule has 0 saturated heterocycles. The molecular formula is C11H15NO4. The van der Waals surface area contributed by atoms with E-state index >= 15 is 0 Å². The van der Waals surface area contributed by atoms with E-state index in [-0.39, 0.29) is 12.4 Å². The third-order valence-electron chi connectivity index (χ3n) is 2.79. The van der Waals surface area contributed by atoms with Gasteiger partial charge in [-0.15, -0.1) is 0 Å². The summed E-state index contributed by atoms with van der Waals surface area (Å²) in [5, 5.41) is 0. The van der Waals surface area contributed by atoms with Crippen molar-refractivity contribution in [3.05, 3.63) is 17.3 Å². The Morgan fingerprint density at radius 3 is 2.75 bits per heavy atom. The first kappa shape index (κ1) is 11.1. The zero-order valence-electron chi connectivity index (χ0n) is 9.65. The second-order valence-electron chi connectivity index (χ2n) is 4.07. The predicted molar refractivity (Wildman–Crippen MR) is 55.1 cm³/mol. The molecule has 0 spiro atoms. The van der Waals surface area contributed by atoms with Gasteiger partial charge in [0.05, 0.1) is 13.7 Å². The summed E-state index contributed by atoms with van der Waals surface area (Å²) in [6.45, 7) is 2.39. The van der Waals surface area contributed by atoms with Gasteiger partial charge in [-0.25, -0.2) is 9.78 Å². The number of carbonyl (C=O) groups excluding carboxylic acids is 1. The monoisotopic (exact) mass is 225 g/mol. The molecule has 16 heavy (non-hydrogen) atoms. The molecule has 88 valence electrons. The number of methoxy groups -OCH3 is 2. The van der Waals surface area contributed by atoms with Gasteiger partial charge < -0.3 is 13.9 Å². The molecule has 2 unspecified atom stereocenters. The zero-order valence-corrected chi connectivity index (χ0v) is 9.65. The van der Waals surface area contributed by atoms with Crippen molar-refractivity contribution in [2.45, 2.75) is 25.9 Å². The topological polar surface area (TPSA) is 61.6 Å². The number of hydrogen-bond donors (Lipinski definition) is 0. The molecular weight excluding hydrogens is 210 g/mol. The lowest BCUT2D eigenvalue weighted by Crippen LogP contribution is -2.04. The number of esters is 1. The SMILES string of the molecule is COCc1nc(C2CC2C)oc1C(=O)OC. The van der Waals surface area contributed by atoms with Crippen LogP contribution in [0.1, 0.15) is 41.4 Å². The molecule has 0 radical (unpaired) electrons. The molecule has 1 aliphatic carbocycles. The Hall–Kier alpha value is -1.36. The molecule has 0 aromatic carbocycles. The van der Waals surface area contributed by atoms with Crippen LogP contribution < -0.4 is 0 Å². The van der Waals surface area contributed by atoms with Gasteiger partial charge in [0.1, 0.15) is 5.69 Å². The van der Waals surface area contributed by atoms with E-state index in [4.69, 9.17) is 9.15 Å². The Morgan fingerprint density at radius 1 is 1.56 bits per heavy atom. The van der Waals surface area contributed by atoms with E-state index in [9.17, 15) is 4.79 Å². The van der Waals surface area contributed by atoms with Crippen molar-refractivity contribution in [1.29, 1.82) is 0 Å². The van der Waals surface area contributed by atoms with Crippen molar-refractivity contribution in [1.82, 2.24) is 4.98 Å². The molecule has 0 bridgehead atoms. The third-order valence-corrected chi connectivity index (χ3v) is 2.79. The molecule has 0 aliphatic heterocycles. The van der Waals surface area contributed by atoms with Crippen LogP contribution >= 0.6 is 0 Å². The maximum Gasteiger partial charge on any atom is 0.376 e. The van der Waals surface area contributed by atoms with Crippen LogP contribution in [-0.2, 0) is 16.1 Å². The van der Waals surface area contributed by atoms with Gasteiger partial charge in [0.15, 0.2) is 5.89 Å². The van der Waals surface area contributed by atoms with Crippen LogP contribution in [0.2, 0.25) is 0 Å². The molecule has 2 atom stereocenters. The first-order valence-electron chi connectivity index (χ1n) is 5.24. The van der Waals surface area contributed by atoms with Crippen molar-refractivity contribution in [2.24, 2.45) is 5.92 Å². The summed E-state index contributed by atoms with van der Waals surface area (Å²) in [6, 6.07) is 0. The highest BCUT2D eigenvalue weighted by atomic mass is 16.5. The molecule has 5 heteroatoms. The first-order chi connectivity index (χ1) is 7.67. The summed E-state index contributed by atoms with van der Waals surface area (Å²) < 4.78 is 15.1. The summed E-state index contributed by atoms with van der Waals surface area (Å²) in [4.78, 5) is 15.7. The molecule has 1 saturated carbocycles. The van der Waals surface area contributed by atoms with Gasteiger partial charge >= 0.3 is 5.97 Å². The molecule has 1 aromatic rings. The summed E-state index contributed by atoms with van der Waals surface area (Å²) in [5.41, 5.74) is 0.517. The van der Waals surface area contributed by atoms with Gasteiger partial charge in [-0.1, -0.05) is 6.92 Å². The van der Waals surface area contributed by atoms with Gasteiger partial charge in [-0.05, 0) is 12.3 Å². The number of aromatic nitrogens is 1. The van der Waals surface area contributed by atoms with Crippen molar-refractivity contribution >= 4 is 5.97 Å². The van der Waals surface area contributed by atoms with Crippen LogP contribution in [-0.4, -0.2) is 25.2 Å². The van der Waals surface area contributed by atoms with Crippen LogP contribution in [0.25, 0.3) is 0 Å². The second-order valence-corrected chi connectivity index (χ2v) is 4.07. The number of hydrogen-bond acceptors (Lipinski definition) is 5. The fourth-order valence-corrected chi connectivity index (χ4v) is 1.68.